The zero-order valence-corrected chi connectivity index (χ0v) is 28.8. The minimum Gasteiger partial charge on any atom is -0.493 e. The van der Waals surface area contributed by atoms with Crippen molar-refractivity contribution in [2.45, 2.75) is 37.8 Å². The first-order chi connectivity index (χ1) is 24.9. The van der Waals surface area contributed by atoms with Gasteiger partial charge in [0, 0.05) is 30.9 Å². The zero-order chi connectivity index (χ0) is 34.6. The third-order valence-electron chi connectivity index (χ3n) is 10.5. The van der Waals surface area contributed by atoms with Gasteiger partial charge in [0.15, 0.2) is 34.5 Å². The number of fused-ring (bicyclic) bond motifs is 2. The van der Waals surface area contributed by atoms with E-state index in [9.17, 15) is 4.79 Å². The van der Waals surface area contributed by atoms with Crippen LogP contribution in [0, 0.1) is 0 Å². The molecule has 1 aromatic heterocycles. The number of nitrogens with one attached hydrogen (secondary N) is 1. The predicted molar refractivity (Wildman–Crippen MR) is 192 cm³/mol. The number of methoxy groups -OCH3 is 2. The van der Waals surface area contributed by atoms with Gasteiger partial charge >= 0.3 is 6.03 Å². The highest BCUT2D eigenvalue weighted by Gasteiger charge is 2.38. The fourth-order valence-corrected chi connectivity index (χ4v) is 7.91. The van der Waals surface area contributed by atoms with Crippen LogP contribution in [-0.4, -0.2) is 55.2 Å². The number of pyridine rings is 1. The highest BCUT2D eigenvalue weighted by atomic mass is 16.6. The molecule has 2 amide bonds. The molecule has 258 valence electrons. The van der Waals surface area contributed by atoms with Crippen molar-refractivity contribution in [2.24, 2.45) is 0 Å². The van der Waals surface area contributed by atoms with Crippen molar-refractivity contribution in [3.05, 3.63) is 119 Å². The van der Waals surface area contributed by atoms with Crippen LogP contribution in [0.5, 0.6) is 46.0 Å². The molecule has 0 aliphatic carbocycles. The summed E-state index contributed by atoms with van der Waals surface area (Å²) in [5.74, 6) is 5.15. The normalized spacial score (nSPS) is 18.5. The lowest BCUT2D eigenvalue weighted by Crippen LogP contribution is -2.43. The highest BCUT2D eigenvalue weighted by molar-refractivity contribution is 5.89. The van der Waals surface area contributed by atoms with Crippen molar-refractivity contribution >= 4 is 11.7 Å². The lowest BCUT2D eigenvalue weighted by molar-refractivity contribution is 0.181. The summed E-state index contributed by atoms with van der Waals surface area (Å²) < 4.78 is 31.8. The second-order valence-electron chi connectivity index (χ2n) is 13.5. The van der Waals surface area contributed by atoms with Gasteiger partial charge in [-0.15, -0.1) is 0 Å². The quantitative estimate of drug-likeness (QED) is 0.200. The molecule has 10 rings (SSSR count). The molecular weight excluding hydrogens is 644 g/mol. The molecule has 5 aliphatic rings. The number of hydrogen-bond acceptors (Lipinski definition) is 8. The molecule has 0 spiro atoms. The maximum absolute atomic E-state index is 14.0. The van der Waals surface area contributed by atoms with Gasteiger partial charge in [-0.3, -0.25) is 9.88 Å². The van der Waals surface area contributed by atoms with E-state index in [0.29, 0.717) is 71.1 Å². The molecule has 5 aliphatic heterocycles. The number of rotatable bonds is 3. The smallest absolute Gasteiger partial charge is 0.322 e. The number of ether oxygens (including phenoxy) is 5. The first-order valence-corrected chi connectivity index (χ1v) is 17.3. The Hall–Kier alpha value is -5.74. The van der Waals surface area contributed by atoms with Crippen molar-refractivity contribution in [2.75, 3.05) is 39.7 Å². The van der Waals surface area contributed by atoms with Crippen molar-refractivity contribution in [1.82, 2.24) is 14.8 Å². The molecule has 2 atom stereocenters. The SMILES string of the molecule is COc1ccc2cc1Oc1ccc(cc1)CC1c3c(cc(OC)c4c3Oc3cc5c(cc3O4)CCN(C(=O)Nc3cccnc3)C5C2)CCN1C. The number of urea groups is 1. The highest BCUT2D eigenvalue weighted by Crippen LogP contribution is 2.56. The number of amides is 2. The number of aromatic nitrogens is 1. The summed E-state index contributed by atoms with van der Waals surface area (Å²) in [4.78, 5) is 22.5. The second-order valence-corrected chi connectivity index (χ2v) is 13.5. The number of carbonyl (C=O) groups is 1. The summed E-state index contributed by atoms with van der Waals surface area (Å²) in [6.07, 6.45) is 6.15. The van der Waals surface area contributed by atoms with E-state index in [2.05, 4.69) is 52.6 Å². The van der Waals surface area contributed by atoms with Gasteiger partial charge in [0.25, 0.3) is 0 Å². The van der Waals surface area contributed by atoms with Crippen LogP contribution in [0.4, 0.5) is 10.5 Å². The van der Waals surface area contributed by atoms with Crippen molar-refractivity contribution in [3.63, 3.8) is 0 Å². The third kappa shape index (κ3) is 5.56. The molecule has 0 fully saturated rings. The Kier molecular flexibility index (Phi) is 7.69. The number of benzene rings is 4. The van der Waals surface area contributed by atoms with E-state index in [1.807, 2.05) is 47.4 Å². The number of anilines is 1. The van der Waals surface area contributed by atoms with Crippen LogP contribution in [0.25, 0.3) is 0 Å². The lowest BCUT2D eigenvalue weighted by atomic mass is 9.86. The predicted octanol–water partition coefficient (Wildman–Crippen LogP) is 8.25. The standard InChI is InChI=1S/C41H38N4O6/c1-44-15-12-27-21-37(48-3)39-40-38(27)32(44)17-24-6-9-29(10-7-24)49-34-19-25(8-11-33(34)47-2)18-31-30-22-36(51-40)35(50-39)20-26(30)13-16-45(31)41(46)43-28-5-4-14-42-23-28/h4-11,14,19-23,31-32H,12-13,15-18H2,1-3H3,(H,43,46). The van der Waals surface area contributed by atoms with Crippen LogP contribution >= 0.6 is 0 Å². The average Bonchev–Trinajstić information content (AvgIpc) is 3.15. The minimum atomic E-state index is -0.321. The molecule has 0 saturated carbocycles. The molecule has 1 N–H and O–H groups in total. The second kappa shape index (κ2) is 12.5. The van der Waals surface area contributed by atoms with Gasteiger partial charge in [-0.05, 0) is 115 Å². The summed E-state index contributed by atoms with van der Waals surface area (Å²) in [5.41, 5.74) is 7.21. The number of carbonyl (C=O) groups excluding carboxylic acids is 1. The first-order valence-electron chi connectivity index (χ1n) is 17.3. The summed E-state index contributed by atoms with van der Waals surface area (Å²) in [7, 11) is 5.48. The van der Waals surface area contributed by atoms with E-state index in [0.717, 1.165) is 41.6 Å². The molecule has 6 heterocycles. The van der Waals surface area contributed by atoms with E-state index in [1.54, 1.807) is 26.6 Å². The maximum atomic E-state index is 14.0. The molecule has 2 unspecified atom stereocenters. The van der Waals surface area contributed by atoms with Crippen LogP contribution in [0.2, 0.25) is 0 Å². The number of likely N-dealkylation sites (N-methyl/N-ethyl adjacent to an activating group) is 1. The molecule has 0 radical (unpaired) electrons. The third-order valence-corrected chi connectivity index (χ3v) is 10.5. The minimum absolute atomic E-state index is 0.0398. The molecule has 10 heteroatoms. The van der Waals surface area contributed by atoms with Gasteiger partial charge in [-0.25, -0.2) is 4.79 Å². The summed E-state index contributed by atoms with van der Waals surface area (Å²) >= 11 is 0. The van der Waals surface area contributed by atoms with Gasteiger partial charge in [0.2, 0.25) is 5.75 Å². The molecule has 51 heavy (non-hydrogen) atoms. The average molecular weight is 683 g/mol. The van der Waals surface area contributed by atoms with E-state index < -0.39 is 0 Å². The lowest BCUT2D eigenvalue weighted by Gasteiger charge is -2.39. The van der Waals surface area contributed by atoms with Crippen LogP contribution < -0.4 is 29.0 Å². The molecular formula is C41H38N4O6. The Balaban J connectivity index is 1.21. The van der Waals surface area contributed by atoms with Gasteiger partial charge in [-0.2, -0.15) is 0 Å². The summed E-state index contributed by atoms with van der Waals surface area (Å²) in [6.45, 7) is 1.41. The molecule has 7 bridgehead atoms. The molecule has 5 aromatic rings. The topological polar surface area (TPSA) is 94.6 Å². The molecule has 10 nitrogen and oxygen atoms in total. The number of hydrogen-bond donors (Lipinski definition) is 1. The fraction of sp³-hybridized carbons (Fsp3) is 0.268. The van der Waals surface area contributed by atoms with Gasteiger partial charge in [0.1, 0.15) is 5.75 Å². The Bertz CT molecular complexity index is 2160. The van der Waals surface area contributed by atoms with Gasteiger partial charge < -0.3 is 33.9 Å². The van der Waals surface area contributed by atoms with E-state index in [4.69, 9.17) is 23.7 Å². The fourth-order valence-electron chi connectivity index (χ4n) is 7.91. The molecule has 4 aromatic carbocycles. The monoisotopic (exact) mass is 682 g/mol. The van der Waals surface area contributed by atoms with Crippen LogP contribution in [0.3, 0.4) is 0 Å². The van der Waals surface area contributed by atoms with Gasteiger partial charge in [0.05, 0.1) is 32.1 Å². The van der Waals surface area contributed by atoms with Crippen LogP contribution in [0.1, 0.15) is 45.5 Å². The largest absolute Gasteiger partial charge is 0.493 e. The van der Waals surface area contributed by atoms with Crippen molar-refractivity contribution in [3.8, 4) is 46.0 Å². The van der Waals surface area contributed by atoms with E-state index >= 15 is 0 Å². The van der Waals surface area contributed by atoms with Gasteiger partial charge in [-0.1, -0.05) is 18.2 Å². The van der Waals surface area contributed by atoms with Crippen molar-refractivity contribution in [1.29, 1.82) is 0 Å². The van der Waals surface area contributed by atoms with E-state index in [-0.39, 0.29) is 18.1 Å². The Morgan fingerprint density at radius 1 is 0.784 bits per heavy atom. The summed E-state index contributed by atoms with van der Waals surface area (Å²) in [6, 6.07) is 23.6. The Morgan fingerprint density at radius 3 is 2.35 bits per heavy atom. The Morgan fingerprint density at radius 2 is 1.55 bits per heavy atom. The maximum Gasteiger partial charge on any atom is 0.322 e. The van der Waals surface area contributed by atoms with E-state index in [1.165, 1.54) is 11.1 Å². The first kappa shape index (κ1) is 31.3. The Labute approximate surface area is 296 Å². The van der Waals surface area contributed by atoms with Crippen molar-refractivity contribution < 1.29 is 28.5 Å². The zero-order valence-electron chi connectivity index (χ0n) is 28.8. The summed E-state index contributed by atoms with van der Waals surface area (Å²) in [5, 5.41) is 3.06. The molecule has 0 saturated heterocycles. The van der Waals surface area contributed by atoms with Crippen LogP contribution in [0.15, 0.2) is 85.2 Å². The number of nitrogens with zero attached hydrogens (tertiary/aromatic N) is 3. The van der Waals surface area contributed by atoms with Crippen LogP contribution in [-0.2, 0) is 25.7 Å².